The zero-order valence-electron chi connectivity index (χ0n) is 17.9. The molecular formula is C22H16F7N5O2. The number of rotatable bonds is 7. The Morgan fingerprint density at radius 3 is 2.17 bits per heavy atom. The van der Waals surface area contributed by atoms with E-state index in [1.807, 2.05) is 0 Å². The molecule has 36 heavy (non-hydrogen) atoms. The van der Waals surface area contributed by atoms with Crippen molar-refractivity contribution in [3.63, 3.8) is 0 Å². The molecule has 0 bridgehead atoms. The van der Waals surface area contributed by atoms with Crippen molar-refractivity contribution in [2.45, 2.75) is 17.9 Å². The largest absolute Gasteiger partial charge is 0.573 e. The van der Waals surface area contributed by atoms with Crippen molar-refractivity contribution < 1.29 is 40.6 Å². The molecule has 3 N–H and O–H groups in total. The number of hydrazine groups is 2. The van der Waals surface area contributed by atoms with Crippen LogP contribution in [0, 0.1) is 11.6 Å². The van der Waals surface area contributed by atoms with Crippen LogP contribution in [0.5, 0.6) is 5.75 Å². The molecule has 14 heteroatoms. The molecule has 2 aromatic carbocycles. The Labute approximate surface area is 198 Å². The van der Waals surface area contributed by atoms with Crippen molar-refractivity contribution in [2.75, 3.05) is 6.54 Å². The number of hydrogen-bond acceptors (Lipinski definition) is 7. The Morgan fingerprint density at radius 2 is 1.61 bits per heavy atom. The van der Waals surface area contributed by atoms with Gasteiger partial charge >= 0.3 is 12.3 Å². The number of pyridine rings is 1. The highest BCUT2D eigenvalue weighted by molar-refractivity contribution is 5.63. The Balaban J connectivity index is 1.66. The fraction of sp³-hybridized carbons (Fsp3) is 0.182. The van der Waals surface area contributed by atoms with Gasteiger partial charge in [-0.1, -0.05) is 18.2 Å². The second-order valence-corrected chi connectivity index (χ2v) is 7.66. The molecule has 0 saturated heterocycles. The fourth-order valence-electron chi connectivity index (χ4n) is 3.54. The molecular weight excluding hydrogens is 499 g/mol. The van der Waals surface area contributed by atoms with E-state index < -0.39 is 53.1 Å². The summed E-state index contributed by atoms with van der Waals surface area (Å²) in [6, 6.07) is 8.50. The summed E-state index contributed by atoms with van der Waals surface area (Å²) in [7, 11) is 0. The zero-order chi connectivity index (χ0) is 26.1. The van der Waals surface area contributed by atoms with E-state index in [1.54, 1.807) is 0 Å². The summed E-state index contributed by atoms with van der Waals surface area (Å²) in [4.78, 5) is 3.72. The van der Waals surface area contributed by atoms with E-state index >= 15 is 8.78 Å². The first-order valence-electron chi connectivity index (χ1n) is 10.1. The van der Waals surface area contributed by atoms with E-state index in [0.717, 1.165) is 41.8 Å². The lowest BCUT2D eigenvalue weighted by Crippen LogP contribution is -2.54. The van der Waals surface area contributed by atoms with E-state index in [-0.39, 0.29) is 5.56 Å². The molecule has 1 aliphatic heterocycles. The lowest BCUT2D eigenvalue weighted by molar-refractivity contribution is -0.274. The highest BCUT2D eigenvalue weighted by Crippen LogP contribution is 2.46. The van der Waals surface area contributed by atoms with Crippen LogP contribution in [-0.2, 0) is 11.5 Å². The van der Waals surface area contributed by atoms with Crippen LogP contribution in [0.15, 0.2) is 65.9 Å². The van der Waals surface area contributed by atoms with E-state index in [2.05, 4.69) is 25.9 Å². The summed E-state index contributed by atoms with van der Waals surface area (Å²) in [5.41, 5.74) is 0.135. The minimum absolute atomic E-state index is 0.266. The smallest absolute Gasteiger partial charge is 0.406 e. The lowest BCUT2D eigenvalue weighted by atomic mass is 9.84. The third-order valence-electron chi connectivity index (χ3n) is 5.26. The Bertz CT molecular complexity index is 1250. The summed E-state index contributed by atoms with van der Waals surface area (Å²) in [6.07, 6.45) is -2.82. The molecule has 0 saturated carbocycles. The summed E-state index contributed by atoms with van der Waals surface area (Å²) in [5.74, 6) is -7.12. The molecule has 1 unspecified atom stereocenters. The second-order valence-electron chi connectivity index (χ2n) is 7.66. The number of alkyl halides is 5. The van der Waals surface area contributed by atoms with Crippen LogP contribution in [0.4, 0.5) is 30.7 Å². The molecule has 0 fully saturated rings. The van der Waals surface area contributed by atoms with Crippen LogP contribution in [0.25, 0.3) is 11.1 Å². The number of halogens is 7. The summed E-state index contributed by atoms with van der Waals surface area (Å²) < 4.78 is 100. The maximum atomic E-state index is 15.8. The lowest BCUT2D eigenvalue weighted by Gasteiger charge is -2.38. The topological polar surface area (TPSA) is 82.0 Å². The van der Waals surface area contributed by atoms with Crippen molar-refractivity contribution in [1.29, 1.82) is 0 Å². The number of nitrogens with one attached hydrogen (secondary N) is 2. The van der Waals surface area contributed by atoms with Gasteiger partial charge in [-0.25, -0.2) is 14.3 Å². The Kier molecular flexibility index (Phi) is 6.49. The maximum Gasteiger partial charge on any atom is 0.573 e. The van der Waals surface area contributed by atoms with Crippen molar-refractivity contribution in [3.05, 3.63) is 83.7 Å². The van der Waals surface area contributed by atoms with Crippen LogP contribution in [0.3, 0.4) is 0 Å². The first-order chi connectivity index (χ1) is 16.9. The van der Waals surface area contributed by atoms with E-state index in [0.29, 0.717) is 17.7 Å². The van der Waals surface area contributed by atoms with Gasteiger partial charge in [0.05, 0.1) is 6.54 Å². The number of aliphatic hydroxyl groups is 1. The number of β-amino-alcohol motifs (C(OH)–C–C–N with tert-alkyl or cyclic N) is 1. The van der Waals surface area contributed by atoms with Gasteiger partial charge in [0.25, 0.3) is 0 Å². The molecule has 3 aromatic rings. The van der Waals surface area contributed by atoms with Gasteiger partial charge in [-0.15, -0.1) is 18.7 Å². The fourth-order valence-corrected chi connectivity index (χ4v) is 3.54. The number of nitrogens with zero attached hydrogens (tertiary/aromatic N) is 3. The quantitative estimate of drug-likeness (QED) is 0.410. The standard InChI is InChI=1S/C22H16F7N5O2/c23-15-4-7-17(18(24)9-15)20(35,11-34-12-31-32-33-34)21(25,26)19-8-3-14(10-30-19)13-1-5-16(6-2-13)36-22(27,28)29/h1-10,12,32-33,35H,11H2. The van der Waals surface area contributed by atoms with E-state index in [9.17, 15) is 27.1 Å². The minimum atomic E-state index is -4.87. The number of ether oxygens (including phenoxy) is 1. The number of benzene rings is 2. The Hall–Kier alpha value is -3.91. The van der Waals surface area contributed by atoms with Gasteiger partial charge in [0, 0.05) is 23.4 Å². The highest BCUT2D eigenvalue weighted by Gasteiger charge is 2.58. The minimum Gasteiger partial charge on any atom is -0.406 e. The van der Waals surface area contributed by atoms with Crippen molar-refractivity contribution in [3.8, 4) is 16.9 Å². The first kappa shape index (κ1) is 25.2. The molecule has 1 aliphatic rings. The summed E-state index contributed by atoms with van der Waals surface area (Å²) in [6.45, 7) is -0.927. The number of hydrogen-bond donors (Lipinski definition) is 3. The van der Waals surface area contributed by atoms with Gasteiger partial charge in [0.2, 0.25) is 0 Å². The normalized spacial score (nSPS) is 15.5. The molecule has 0 amide bonds. The molecule has 2 heterocycles. The van der Waals surface area contributed by atoms with E-state index in [1.165, 1.54) is 18.2 Å². The van der Waals surface area contributed by atoms with Crippen LogP contribution in [-0.4, -0.2) is 34.3 Å². The third-order valence-corrected chi connectivity index (χ3v) is 5.26. The van der Waals surface area contributed by atoms with Crippen molar-refractivity contribution in [1.82, 2.24) is 21.1 Å². The molecule has 1 atom stereocenters. The SMILES string of the molecule is OC(CN1C=NNN1)(c1ccc(F)cc1F)C(F)(F)c1ccc(-c2ccc(OC(F)(F)F)cc2)cn1. The van der Waals surface area contributed by atoms with Gasteiger partial charge < -0.3 is 9.84 Å². The molecule has 190 valence electrons. The first-order valence-corrected chi connectivity index (χ1v) is 10.1. The highest BCUT2D eigenvalue weighted by atomic mass is 19.4. The van der Waals surface area contributed by atoms with Crippen molar-refractivity contribution >= 4 is 6.34 Å². The molecule has 0 aliphatic carbocycles. The van der Waals surface area contributed by atoms with Gasteiger partial charge in [-0.2, -0.15) is 13.9 Å². The van der Waals surface area contributed by atoms with Crippen LogP contribution in [0.2, 0.25) is 0 Å². The van der Waals surface area contributed by atoms with E-state index in [4.69, 9.17) is 0 Å². The van der Waals surface area contributed by atoms with Crippen LogP contribution >= 0.6 is 0 Å². The molecule has 4 rings (SSSR count). The zero-order valence-corrected chi connectivity index (χ0v) is 17.9. The molecule has 1 aromatic heterocycles. The summed E-state index contributed by atoms with van der Waals surface area (Å²) in [5, 5.41) is 15.7. The second kappa shape index (κ2) is 9.28. The van der Waals surface area contributed by atoms with Crippen LogP contribution < -0.4 is 15.8 Å². The van der Waals surface area contributed by atoms with Gasteiger partial charge in [-0.05, 0) is 35.9 Å². The predicted molar refractivity (Wildman–Crippen MR) is 112 cm³/mol. The average molecular weight is 515 g/mol. The monoisotopic (exact) mass is 515 g/mol. The number of aromatic nitrogens is 1. The average Bonchev–Trinajstić information content (AvgIpc) is 3.31. The molecule has 7 nitrogen and oxygen atoms in total. The van der Waals surface area contributed by atoms with Gasteiger partial charge in [-0.3, -0.25) is 9.99 Å². The van der Waals surface area contributed by atoms with Crippen LogP contribution in [0.1, 0.15) is 11.3 Å². The third kappa shape index (κ3) is 5.04. The molecule has 0 radical (unpaired) electrons. The predicted octanol–water partition coefficient (Wildman–Crippen LogP) is 4.17. The van der Waals surface area contributed by atoms with Gasteiger partial charge in [0.15, 0.2) is 5.60 Å². The van der Waals surface area contributed by atoms with Gasteiger partial charge in [0.1, 0.15) is 29.4 Å². The maximum absolute atomic E-state index is 15.8. The van der Waals surface area contributed by atoms with Crippen molar-refractivity contribution in [2.24, 2.45) is 5.10 Å². The molecule has 0 spiro atoms. The number of hydrazone groups is 1. The Morgan fingerprint density at radius 1 is 0.917 bits per heavy atom. The summed E-state index contributed by atoms with van der Waals surface area (Å²) >= 11 is 0.